The predicted octanol–water partition coefficient (Wildman–Crippen LogP) is 3.68. The Balaban J connectivity index is 2.32. The average molecular weight is 352 g/mol. The normalized spacial score (nSPS) is 13.5. The summed E-state index contributed by atoms with van der Waals surface area (Å²) in [7, 11) is 0. The number of aromatic nitrogens is 1. The Hall–Kier alpha value is -3.15. The molecule has 1 atom stereocenters. The molecule has 0 bridgehead atoms. The molecule has 2 aromatic carbocycles. The van der Waals surface area contributed by atoms with Crippen molar-refractivity contribution in [3.05, 3.63) is 82.0 Å². The van der Waals surface area contributed by atoms with Crippen molar-refractivity contribution in [2.45, 2.75) is 25.4 Å². The largest absolute Gasteiger partial charge is 0.462 e. The van der Waals surface area contributed by atoms with Gasteiger partial charge in [-0.1, -0.05) is 48.5 Å². The van der Waals surface area contributed by atoms with Gasteiger partial charge >= 0.3 is 5.97 Å². The molecule has 0 unspecified atom stereocenters. The van der Waals surface area contributed by atoms with E-state index in [4.69, 9.17) is 4.74 Å². The number of carbonyl (C=O) groups is 1. The van der Waals surface area contributed by atoms with E-state index in [-0.39, 0.29) is 6.10 Å². The molecule has 0 aliphatic heterocycles. The molecule has 0 aliphatic carbocycles. The summed E-state index contributed by atoms with van der Waals surface area (Å²) in [5, 5.41) is 12.4. The van der Waals surface area contributed by atoms with Gasteiger partial charge < -0.3 is 9.72 Å². The number of nitrogens with one attached hydrogen (secondary N) is 1. The standard InChI is InChI=1S/C20H20N2O4/c1-14(2)26-19(23)20(13-22(24)25,15-8-4-3-5-9-15)17-12-21-18-11-7-6-10-16(17)18/h3-12,14,21H,13H2,1-2H3/t20-/m1/s1. The number of aromatic amines is 1. The van der Waals surface area contributed by atoms with Crippen molar-refractivity contribution in [2.75, 3.05) is 6.54 Å². The first-order valence-corrected chi connectivity index (χ1v) is 8.40. The van der Waals surface area contributed by atoms with Gasteiger partial charge in [0.2, 0.25) is 6.54 Å². The summed E-state index contributed by atoms with van der Waals surface area (Å²) in [5.74, 6) is -0.625. The van der Waals surface area contributed by atoms with Gasteiger partial charge in [-0.25, -0.2) is 0 Å². The van der Waals surface area contributed by atoms with Crippen LogP contribution in [0.2, 0.25) is 0 Å². The quantitative estimate of drug-likeness (QED) is 0.416. The molecule has 134 valence electrons. The molecule has 0 aliphatic rings. The number of hydrogen-bond acceptors (Lipinski definition) is 4. The first kappa shape index (κ1) is 17.7. The van der Waals surface area contributed by atoms with Crippen LogP contribution in [-0.4, -0.2) is 28.5 Å². The van der Waals surface area contributed by atoms with Crippen LogP contribution in [0.25, 0.3) is 10.9 Å². The van der Waals surface area contributed by atoms with Crippen LogP contribution >= 0.6 is 0 Å². The van der Waals surface area contributed by atoms with Crippen LogP contribution in [0.3, 0.4) is 0 Å². The third kappa shape index (κ3) is 3.06. The maximum Gasteiger partial charge on any atom is 0.328 e. The van der Waals surface area contributed by atoms with Gasteiger partial charge in [-0.15, -0.1) is 0 Å². The van der Waals surface area contributed by atoms with E-state index in [2.05, 4.69) is 4.98 Å². The van der Waals surface area contributed by atoms with Gasteiger partial charge in [-0.2, -0.15) is 0 Å². The fraction of sp³-hybridized carbons (Fsp3) is 0.250. The van der Waals surface area contributed by atoms with Gasteiger partial charge in [-0.3, -0.25) is 14.9 Å². The topological polar surface area (TPSA) is 85.2 Å². The van der Waals surface area contributed by atoms with Crippen molar-refractivity contribution >= 4 is 16.9 Å². The van der Waals surface area contributed by atoms with E-state index in [0.717, 1.165) is 10.9 Å². The second-order valence-corrected chi connectivity index (χ2v) is 6.46. The lowest BCUT2D eigenvalue weighted by Crippen LogP contribution is -2.45. The molecule has 1 heterocycles. The first-order chi connectivity index (χ1) is 12.4. The predicted molar refractivity (Wildman–Crippen MR) is 98.6 cm³/mol. The molecule has 1 N–H and O–H groups in total. The molecule has 3 aromatic rings. The van der Waals surface area contributed by atoms with E-state index in [1.165, 1.54) is 0 Å². The zero-order chi connectivity index (χ0) is 18.7. The first-order valence-electron chi connectivity index (χ1n) is 8.40. The minimum Gasteiger partial charge on any atom is -0.462 e. The van der Waals surface area contributed by atoms with Gasteiger partial charge in [0.05, 0.1) is 6.10 Å². The average Bonchev–Trinajstić information content (AvgIpc) is 3.04. The maximum absolute atomic E-state index is 13.2. The lowest BCUT2D eigenvalue weighted by Gasteiger charge is -2.29. The van der Waals surface area contributed by atoms with E-state index in [1.54, 1.807) is 44.3 Å². The Morgan fingerprint density at radius 2 is 1.81 bits per heavy atom. The Bertz CT molecular complexity index is 933. The van der Waals surface area contributed by atoms with Crippen molar-refractivity contribution in [3.63, 3.8) is 0 Å². The highest BCUT2D eigenvalue weighted by Gasteiger charge is 2.50. The summed E-state index contributed by atoms with van der Waals surface area (Å²) in [4.78, 5) is 27.5. The highest BCUT2D eigenvalue weighted by Crippen LogP contribution is 2.38. The molecule has 0 radical (unpaired) electrons. The third-order valence-electron chi connectivity index (χ3n) is 4.37. The molecule has 0 fully saturated rings. The summed E-state index contributed by atoms with van der Waals surface area (Å²) >= 11 is 0. The van der Waals surface area contributed by atoms with Crippen LogP contribution in [0.5, 0.6) is 0 Å². The lowest BCUT2D eigenvalue weighted by atomic mass is 9.74. The SMILES string of the molecule is CC(C)OC(=O)[C@](C[N+](=O)[O-])(c1ccccc1)c1c[nH]c2ccccc12. The molecular formula is C20H20N2O4. The fourth-order valence-electron chi connectivity index (χ4n) is 3.28. The Morgan fingerprint density at radius 1 is 1.15 bits per heavy atom. The van der Waals surface area contributed by atoms with E-state index >= 15 is 0 Å². The number of benzene rings is 2. The van der Waals surface area contributed by atoms with Crippen LogP contribution in [0, 0.1) is 10.1 Å². The number of para-hydroxylation sites is 1. The monoisotopic (exact) mass is 352 g/mol. The minimum absolute atomic E-state index is 0.387. The molecule has 3 rings (SSSR count). The minimum atomic E-state index is -1.53. The summed E-state index contributed by atoms with van der Waals surface area (Å²) < 4.78 is 5.49. The summed E-state index contributed by atoms with van der Waals surface area (Å²) in [6, 6.07) is 16.2. The number of fused-ring (bicyclic) bond motifs is 1. The molecular weight excluding hydrogens is 332 g/mol. The lowest BCUT2D eigenvalue weighted by molar-refractivity contribution is -0.486. The number of nitrogens with zero attached hydrogens (tertiary/aromatic N) is 1. The molecule has 0 saturated carbocycles. The number of H-pyrrole nitrogens is 1. The van der Waals surface area contributed by atoms with Crippen molar-refractivity contribution < 1.29 is 14.5 Å². The zero-order valence-corrected chi connectivity index (χ0v) is 14.6. The highest BCUT2D eigenvalue weighted by atomic mass is 16.6. The second-order valence-electron chi connectivity index (χ2n) is 6.46. The highest BCUT2D eigenvalue weighted by molar-refractivity contribution is 5.95. The number of esters is 1. The summed E-state index contributed by atoms with van der Waals surface area (Å²) in [6.07, 6.45) is 1.28. The maximum atomic E-state index is 13.2. The number of nitro groups is 1. The Morgan fingerprint density at radius 3 is 2.46 bits per heavy atom. The second kappa shape index (κ2) is 7.00. The smallest absolute Gasteiger partial charge is 0.328 e. The van der Waals surface area contributed by atoms with Gasteiger partial charge in [0.25, 0.3) is 0 Å². The number of hydrogen-bond donors (Lipinski definition) is 1. The molecule has 1 aromatic heterocycles. The zero-order valence-electron chi connectivity index (χ0n) is 14.6. The molecule has 26 heavy (non-hydrogen) atoms. The number of rotatable bonds is 6. The number of ether oxygens (including phenoxy) is 1. The van der Waals surface area contributed by atoms with Crippen molar-refractivity contribution in [1.82, 2.24) is 4.98 Å². The fourth-order valence-corrected chi connectivity index (χ4v) is 3.28. The Kier molecular flexibility index (Phi) is 4.75. The van der Waals surface area contributed by atoms with Crippen LogP contribution in [0.4, 0.5) is 0 Å². The van der Waals surface area contributed by atoms with Crippen molar-refractivity contribution in [3.8, 4) is 0 Å². The number of carbonyl (C=O) groups excluding carboxylic acids is 1. The molecule has 6 nitrogen and oxygen atoms in total. The Labute approximate surface area is 150 Å². The summed E-state index contributed by atoms with van der Waals surface area (Å²) in [6.45, 7) is 2.87. The van der Waals surface area contributed by atoms with Crippen LogP contribution in [0.15, 0.2) is 60.8 Å². The van der Waals surface area contributed by atoms with Crippen molar-refractivity contribution in [1.29, 1.82) is 0 Å². The third-order valence-corrected chi connectivity index (χ3v) is 4.37. The van der Waals surface area contributed by atoms with Crippen LogP contribution < -0.4 is 0 Å². The van der Waals surface area contributed by atoms with Crippen molar-refractivity contribution in [2.24, 2.45) is 0 Å². The van der Waals surface area contributed by atoms with Gasteiger partial charge in [-0.05, 0) is 25.5 Å². The van der Waals surface area contributed by atoms with E-state index < -0.39 is 22.9 Å². The summed E-state index contributed by atoms with van der Waals surface area (Å²) in [5.41, 5.74) is 0.353. The van der Waals surface area contributed by atoms with E-state index in [1.807, 2.05) is 30.3 Å². The molecule has 0 amide bonds. The van der Waals surface area contributed by atoms with Crippen LogP contribution in [0.1, 0.15) is 25.0 Å². The van der Waals surface area contributed by atoms with E-state index in [0.29, 0.717) is 11.1 Å². The molecule has 0 spiro atoms. The van der Waals surface area contributed by atoms with Gasteiger partial charge in [0.15, 0.2) is 5.41 Å². The molecule has 6 heteroatoms. The van der Waals surface area contributed by atoms with Crippen LogP contribution in [-0.2, 0) is 14.9 Å². The van der Waals surface area contributed by atoms with E-state index in [9.17, 15) is 14.9 Å². The van der Waals surface area contributed by atoms with Gasteiger partial charge in [0.1, 0.15) is 0 Å². The molecule has 0 saturated heterocycles. The van der Waals surface area contributed by atoms with Gasteiger partial charge in [0, 0.05) is 27.6 Å².